The monoisotopic (exact) mass is 223 g/mol. The van der Waals surface area contributed by atoms with Crippen molar-refractivity contribution in [2.75, 3.05) is 19.6 Å². The van der Waals surface area contributed by atoms with E-state index in [4.69, 9.17) is 5.11 Å². The number of carbonyl (C=O) groups excluding carboxylic acids is 1. The van der Waals surface area contributed by atoms with Gasteiger partial charge in [-0.25, -0.2) is 0 Å². The van der Waals surface area contributed by atoms with Crippen molar-refractivity contribution in [1.29, 1.82) is 0 Å². The second-order valence-electron chi connectivity index (χ2n) is 3.59. The molecule has 0 atom stereocenters. The van der Waals surface area contributed by atoms with Gasteiger partial charge in [-0.3, -0.25) is 9.69 Å². The molecule has 0 aliphatic rings. The van der Waals surface area contributed by atoms with E-state index in [9.17, 15) is 9.90 Å². The molecule has 0 aliphatic carbocycles. The molecule has 0 heterocycles. The highest BCUT2D eigenvalue weighted by molar-refractivity contribution is 5.98. The molecule has 0 saturated heterocycles. The van der Waals surface area contributed by atoms with E-state index in [-0.39, 0.29) is 17.3 Å². The lowest BCUT2D eigenvalue weighted by Gasteiger charge is -2.16. The first-order valence-electron chi connectivity index (χ1n) is 5.36. The smallest absolute Gasteiger partial charge is 0.176 e. The minimum absolute atomic E-state index is 0.0565. The molecule has 1 rings (SSSR count). The number of Topliss-reactive ketones (excluding diaryl/α,β-unsaturated/α-hetero) is 1. The van der Waals surface area contributed by atoms with Gasteiger partial charge in [-0.15, -0.1) is 0 Å². The van der Waals surface area contributed by atoms with Crippen LogP contribution in [0.4, 0.5) is 0 Å². The van der Waals surface area contributed by atoms with Gasteiger partial charge < -0.3 is 10.2 Å². The van der Waals surface area contributed by atoms with Crippen LogP contribution < -0.4 is 0 Å². The highest BCUT2D eigenvalue weighted by Crippen LogP contribution is 2.25. The number of carbonyl (C=O) groups is 1. The number of phenols is 2. The van der Waals surface area contributed by atoms with Crippen molar-refractivity contribution in [3.05, 3.63) is 23.8 Å². The lowest BCUT2D eigenvalue weighted by molar-refractivity contribution is 0.0937. The Hall–Kier alpha value is -1.55. The summed E-state index contributed by atoms with van der Waals surface area (Å²) in [7, 11) is 0. The number of benzene rings is 1. The van der Waals surface area contributed by atoms with Crippen LogP contribution in [-0.2, 0) is 0 Å². The maximum atomic E-state index is 11.8. The van der Waals surface area contributed by atoms with Crippen LogP contribution in [0.15, 0.2) is 18.2 Å². The molecule has 4 heteroatoms. The van der Waals surface area contributed by atoms with Crippen LogP contribution in [0.2, 0.25) is 0 Å². The average molecular weight is 223 g/mol. The van der Waals surface area contributed by atoms with Gasteiger partial charge in [0.2, 0.25) is 0 Å². The number of hydrogen-bond acceptors (Lipinski definition) is 4. The first kappa shape index (κ1) is 12.5. The molecule has 4 nitrogen and oxygen atoms in total. The third-order valence-electron chi connectivity index (χ3n) is 2.56. The quantitative estimate of drug-likeness (QED) is 0.588. The Balaban J connectivity index is 2.76. The summed E-state index contributed by atoms with van der Waals surface area (Å²) in [6.07, 6.45) is 0. The summed E-state index contributed by atoms with van der Waals surface area (Å²) in [5.74, 6) is -0.524. The van der Waals surface area contributed by atoms with E-state index in [2.05, 4.69) is 0 Å². The van der Waals surface area contributed by atoms with E-state index in [1.165, 1.54) is 18.2 Å². The number of nitrogens with zero attached hydrogens (tertiary/aromatic N) is 1. The van der Waals surface area contributed by atoms with Gasteiger partial charge in [0.25, 0.3) is 0 Å². The Morgan fingerprint density at radius 3 is 2.31 bits per heavy atom. The van der Waals surface area contributed by atoms with E-state index in [1.54, 1.807) is 0 Å². The molecular weight excluding hydrogens is 206 g/mol. The molecule has 0 aliphatic heterocycles. The number of rotatable bonds is 5. The van der Waals surface area contributed by atoms with Crippen LogP contribution in [0.5, 0.6) is 11.5 Å². The van der Waals surface area contributed by atoms with Crippen LogP contribution in [-0.4, -0.2) is 40.5 Å². The third-order valence-corrected chi connectivity index (χ3v) is 2.56. The molecule has 0 aromatic heterocycles. The molecule has 1 aromatic rings. The minimum atomic E-state index is -0.259. The summed E-state index contributed by atoms with van der Waals surface area (Å²) in [5.41, 5.74) is 0.419. The SMILES string of the molecule is CCN(CC)CC(=O)c1ccc(O)c(O)c1. The predicted molar refractivity (Wildman–Crippen MR) is 61.9 cm³/mol. The normalized spacial score (nSPS) is 10.7. The highest BCUT2D eigenvalue weighted by Gasteiger charge is 2.11. The molecule has 88 valence electrons. The summed E-state index contributed by atoms with van der Waals surface area (Å²) in [6.45, 7) is 5.94. The molecule has 0 bridgehead atoms. The van der Waals surface area contributed by atoms with E-state index in [0.717, 1.165) is 13.1 Å². The topological polar surface area (TPSA) is 60.8 Å². The molecule has 0 amide bonds. The Kier molecular flexibility index (Phi) is 4.31. The van der Waals surface area contributed by atoms with Crippen LogP contribution in [0.3, 0.4) is 0 Å². The van der Waals surface area contributed by atoms with E-state index in [0.29, 0.717) is 12.1 Å². The van der Waals surface area contributed by atoms with Crippen molar-refractivity contribution in [2.24, 2.45) is 0 Å². The summed E-state index contributed by atoms with van der Waals surface area (Å²) in [4.78, 5) is 13.8. The first-order chi connectivity index (χ1) is 7.58. The van der Waals surface area contributed by atoms with E-state index >= 15 is 0 Å². The molecule has 1 aromatic carbocycles. The van der Waals surface area contributed by atoms with Crippen molar-refractivity contribution in [1.82, 2.24) is 4.90 Å². The van der Waals surface area contributed by atoms with Gasteiger partial charge in [-0.05, 0) is 31.3 Å². The van der Waals surface area contributed by atoms with Crippen LogP contribution >= 0.6 is 0 Å². The fourth-order valence-corrected chi connectivity index (χ4v) is 1.44. The van der Waals surface area contributed by atoms with Crippen LogP contribution in [0, 0.1) is 0 Å². The average Bonchev–Trinajstić information content (AvgIpc) is 2.29. The van der Waals surface area contributed by atoms with E-state index in [1.807, 2.05) is 18.7 Å². The van der Waals surface area contributed by atoms with Gasteiger partial charge >= 0.3 is 0 Å². The van der Waals surface area contributed by atoms with Gasteiger partial charge in [0.15, 0.2) is 17.3 Å². The molecule has 0 spiro atoms. The summed E-state index contributed by atoms with van der Waals surface area (Å²) in [6, 6.07) is 4.13. The molecular formula is C12H17NO3. The van der Waals surface area contributed by atoms with Crippen molar-refractivity contribution >= 4 is 5.78 Å². The zero-order valence-corrected chi connectivity index (χ0v) is 9.60. The maximum absolute atomic E-state index is 11.8. The van der Waals surface area contributed by atoms with Gasteiger partial charge in [0, 0.05) is 5.56 Å². The zero-order chi connectivity index (χ0) is 12.1. The van der Waals surface area contributed by atoms with Crippen LogP contribution in [0.25, 0.3) is 0 Å². The predicted octanol–water partition coefficient (Wildman–Crippen LogP) is 1.62. The van der Waals surface area contributed by atoms with Crippen molar-refractivity contribution in [2.45, 2.75) is 13.8 Å². The van der Waals surface area contributed by atoms with Crippen molar-refractivity contribution in [3.63, 3.8) is 0 Å². The summed E-state index contributed by atoms with van der Waals surface area (Å²) in [5, 5.41) is 18.4. The van der Waals surface area contributed by atoms with Crippen LogP contribution in [0.1, 0.15) is 24.2 Å². The molecule has 0 fully saturated rings. The number of phenolic OH excluding ortho intramolecular Hbond substituents is 2. The molecule has 2 N–H and O–H groups in total. The number of hydrogen-bond donors (Lipinski definition) is 2. The zero-order valence-electron chi connectivity index (χ0n) is 9.60. The lowest BCUT2D eigenvalue weighted by atomic mass is 10.1. The largest absolute Gasteiger partial charge is 0.504 e. The fourth-order valence-electron chi connectivity index (χ4n) is 1.44. The van der Waals surface area contributed by atoms with Gasteiger partial charge in [0.05, 0.1) is 6.54 Å². The second kappa shape index (κ2) is 5.51. The standard InChI is InChI=1S/C12H17NO3/c1-3-13(4-2)8-12(16)9-5-6-10(14)11(15)7-9/h5-7,14-15H,3-4,8H2,1-2H3. The Bertz CT molecular complexity index is 373. The van der Waals surface area contributed by atoms with Gasteiger partial charge in [-0.1, -0.05) is 13.8 Å². The number of likely N-dealkylation sites (N-methyl/N-ethyl adjacent to an activating group) is 1. The Morgan fingerprint density at radius 1 is 1.19 bits per heavy atom. The Labute approximate surface area is 95.1 Å². The molecule has 0 unspecified atom stereocenters. The van der Waals surface area contributed by atoms with Crippen molar-refractivity contribution < 1.29 is 15.0 Å². The van der Waals surface area contributed by atoms with E-state index < -0.39 is 0 Å². The third kappa shape index (κ3) is 2.97. The van der Waals surface area contributed by atoms with Gasteiger partial charge in [-0.2, -0.15) is 0 Å². The molecule has 16 heavy (non-hydrogen) atoms. The highest BCUT2D eigenvalue weighted by atomic mass is 16.3. The maximum Gasteiger partial charge on any atom is 0.176 e. The van der Waals surface area contributed by atoms with Gasteiger partial charge in [0.1, 0.15) is 0 Å². The number of ketones is 1. The second-order valence-corrected chi connectivity index (χ2v) is 3.59. The summed E-state index contributed by atoms with van der Waals surface area (Å²) < 4.78 is 0. The lowest BCUT2D eigenvalue weighted by Crippen LogP contribution is -2.29. The Morgan fingerprint density at radius 2 is 1.81 bits per heavy atom. The molecule has 0 radical (unpaired) electrons. The molecule has 0 saturated carbocycles. The minimum Gasteiger partial charge on any atom is -0.504 e. The summed E-state index contributed by atoms with van der Waals surface area (Å²) >= 11 is 0. The first-order valence-corrected chi connectivity index (χ1v) is 5.36. The number of aromatic hydroxyl groups is 2. The fraction of sp³-hybridized carbons (Fsp3) is 0.417. The van der Waals surface area contributed by atoms with Crippen molar-refractivity contribution in [3.8, 4) is 11.5 Å².